The second kappa shape index (κ2) is 5.32. The monoisotopic (exact) mass is 245 g/mol. The van der Waals surface area contributed by atoms with Crippen LogP contribution >= 0.6 is 15.9 Å². The summed E-state index contributed by atoms with van der Waals surface area (Å²) in [6.45, 7) is 2.78. The van der Waals surface area contributed by atoms with E-state index in [4.69, 9.17) is 4.74 Å². The average molecular weight is 246 g/mol. The molecule has 0 aromatic carbocycles. The van der Waals surface area contributed by atoms with Crippen molar-refractivity contribution in [2.24, 2.45) is 0 Å². The highest BCUT2D eigenvalue weighted by Crippen LogP contribution is 2.13. The van der Waals surface area contributed by atoms with E-state index >= 15 is 0 Å². The number of hydrogen-bond donors (Lipinski definition) is 1. The van der Waals surface area contributed by atoms with Gasteiger partial charge in [0.25, 0.3) is 0 Å². The van der Waals surface area contributed by atoms with Crippen molar-refractivity contribution in [2.45, 2.75) is 13.0 Å². The molecular weight excluding hydrogens is 234 g/mol. The molecule has 0 saturated heterocycles. The maximum atomic E-state index is 9.57. The van der Waals surface area contributed by atoms with Gasteiger partial charge in [-0.1, -0.05) is 6.07 Å². The van der Waals surface area contributed by atoms with E-state index in [9.17, 15) is 5.11 Å². The molecule has 1 aromatic rings. The van der Waals surface area contributed by atoms with Gasteiger partial charge in [-0.05, 0) is 35.0 Å². The van der Waals surface area contributed by atoms with E-state index in [2.05, 4.69) is 20.9 Å². The molecule has 0 amide bonds. The molecule has 0 unspecified atom stereocenters. The molecule has 0 radical (unpaired) electrons. The molecule has 1 aromatic heterocycles. The lowest BCUT2D eigenvalue weighted by Crippen LogP contribution is -2.08. The molecule has 72 valence electrons. The van der Waals surface area contributed by atoms with E-state index in [-0.39, 0.29) is 0 Å². The van der Waals surface area contributed by atoms with Crippen molar-refractivity contribution in [3.63, 3.8) is 0 Å². The van der Waals surface area contributed by atoms with Crippen molar-refractivity contribution in [3.05, 3.63) is 28.5 Å². The summed E-state index contributed by atoms with van der Waals surface area (Å²) in [5.74, 6) is 0. The summed E-state index contributed by atoms with van der Waals surface area (Å²) >= 11 is 3.24. The highest BCUT2D eigenvalue weighted by molar-refractivity contribution is 9.10. The zero-order chi connectivity index (χ0) is 9.68. The van der Waals surface area contributed by atoms with Crippen molar-refractivity contribution in [1.82, 2.24) is 4.98 Å². The van der Waals surface area contributed by atoms with Crippen LogP contribution in [0, 0.1) is 0 Å². The second-order valence-electron chi connectivity index (χ2n) is 2.56. The largest absolute Gasteiger partial charge is 0.384 e. The summed E-state index contributed by atoms with van der Waals surface area (Å²) in [5, 5.41) is 9.57. The molecule has 0 aliphatic rings. The fourth-order valence-electron chi connectivity index (χ4n) is 0.924. The Morgan fingerprint density at radius 2 is 2.38 bits per heavy atom. The highest BCUT2D eigenvalue weighted by Gasteiger charge is 2.08. The molecule has 1 atom stereocenters. The molecule has 0 aliphatic heterocycles. The molecule has 1 rings (SSSR count). The maximum absolute atomic E-state index is 9.57. The predicted molar refractivity (Wildman–Crippen MR) is 53.4 cm³/mol. The summed E-state index contributed by atoms with van der Waals surface area (Å²) in [4.78, 5) is 4.11. The number of aliphatic hydroxyl groups is 1. The summed E-state index contributed by atoms with van der Waals surface area (Å²) in [5.41, 5.74) is 0.628. The zero-order valence-electron chi connectivity index (χ0n) is 7.40. The van der Waals surface area contributed by atoms with Gasteiger partial charge in [0.1, 0.15) is 10.7 Å². The molecule has 4 heteroatoms. The lowest BCUT2D eigenvalue weighted by Gasteiger charge is -2.09. The summed E-state index contributed by atoms with van der Waals surface area (Å²) < 4.78 is 5.81. The van der Waals surface area contributed by atoms with E-state index in [1.165, 1.54) is 0 Å². The van der Waals surface area contributed by atoms with Crippen LogP contribution in [0.5, 0.6) is 0 Å². The van der Waals surface area contributed by atoms with Crippen LogP contribution in [-0.2, 0) is 4.74 Å². The van der Waals surface area contributed by atoms with Crippen LogP contribution in [0.4, 0.5) is 0 Å². The van der Waals surface area contributed by atoms with Crippen LogP contribution in [0.25, 0.3) is 0 Å². The van der Waals surface area contributed by atoms with Crippen LogP contribution in [0.3, 0.4) is 0 Å². The minimum Gasteiger partial charge on any atom is -0.384 e. The molecule has 0 saturated carbocycles. The third-order valence-corrected chi connectivity index (χ3v) is 2.00. The predicted octanol–water partition coefficient (Wildman–Crippen LogP) is 1.91. The Kier molecular flexibility index (Phi) is 4.35. The van der Waals surface area contributed by atoms with Gasteiger partial charge in [0, 0.05) is 6.61 Å². The van der Waals surface area contributed by atoms with E-state index in [1.807, 2.05) is 19.1 Å². The second-order valence-corrected chi connectivity index (χ2v) is 3.37. The standard InChI is InChI=1S/C9H12BrNO2/c1-2-13-6-8(12)7-4-3-5-9(10)11-7/h3-5,8,12H,2,6H2,1H3/t8-/m0/s1. The molecule has 0 spiro atoms. The lowest BCUT2D eigenvalue weighted by atomic mass is 10.2. The SMILES string of the molecule is CCOC[C@H](O)c1cccc(Br)n1. The Morgan fingerprint density at radius 1 is 1.62 bits per heavy atom. The maximum Gasteiger partial charge on any atom is 0.119 e. The van der Waals surface area contributed by atoms with Crippen LogP contribution in [0.2, 0.25) is 0 Å². The number of pyridine rings is 1. The topological polar surface area (TPSA) is 42.4 Å². The molecule has 3 nitrogen and oxygen atoms in total. The van der Waals surface area contributed by atoms with Crippen molar-refractivity contribution in [1.29, 1.82) is 0 Å². The van der Waals surface area contributed by atoms with E-state index < -0.39 is 6.10 Å². The molecule has 1 heterocycles. The Balaban J connectivity index is 2.60. The zero-order valence-corrected chi connectivity index (χ0v) is 8.99. The molecule has 0 bridgehead atoms. The Hall–Kier alpha value is -0.450. The van der Waals surface area contributed by atoms with Crippen LogP contribution < -0.4 is 0 Å². The Morgan fingerprint density at radius 3 is 3.00 bits per heavy atom. The molecule has 0 fully saturated rings. The fourth-order valence-corrected chi connectivity index (χ4v) is 1.28. The summed E-state index contributed by atoms with van der Waals surface area (Å²) in [6.07, 6.45) is -0.641. The fraction of sp³-hybridized carbons (Fsp3) is 0.444. The minimum absolute atomic E-state index is 0.292. The first kappa shape index (κ1) is 10.6. The molecule has 13 heavy (non-hydrogen) atoms. The van der Waals surface area contributed by atoms with Gasteiger partial charge in [-0.3, -0.25) is 0 Å². The van der Waals surface area contributed by atoms with Crippen LogP contribution in [-0.4, -0.2) is 23.3 Å². The molecular formula is C9H12BrNO2. The number of hydrogen-bond acceptors (Lipinski definition) is 3. The van der Waals surface area contributed by atoms with Gasteiger partial charge in [0.2, 0.25) is 0 Å². The number of rotatable bonds is 4. The van der Waals surface area contributed by atoms with E-state index in [1.54, 1.807) is 6.07 Å². The smallest absolute Gasteiger partial charge is 0.119 e. The van der Waals surface area contributed by atoms with Crippen LogP contribution in [0.15, 0.2) is 22.8 Å². The lowest BCUT2D eigenvalue weighted by molar-refractivity contribution is 0.0397. The van der Waals surface area contributed by atoms with E-state index in [0.29, 0.717) is 18.9 Å². The van der Waals surface area contributed by atoms with Gasteiger partial charge in [-0.25, -0.2) is 4.98 Å². The third kappa shape index (κ3) is 3.42. The number of halogens is 1. The van der Waals surface area contributed by atoms with Gasteiger partial charge < -0.3 is 9.84 Å². The van der Waals surface area contributed by atoms with Gasteiger partial charge in [-0.15, -0.1) is 0 Å². The normalized spacial score (nSPS) is 12.8. The Labute approximate surface area is 85.9 Å². The molecule has 0 aliphatic carbocycles. The first-order valence-corrected chi connectivity index (χ1v) is 4.91. The van der Waals surface area contributed by atoms with Crippen molar-refractivity contribution < 1.29 is 9.84 Å². The van der Waals surface area contributed by atoms with Crippen molar-refractivity contribution in [3.8, 4) is 0 Å². The number of aliphatic hydroxyl groups excluding tert-OH is 1. The number of nitrogens with zero attached hydrogens (tertiary/aromatic N) is 1. The van der Waals surface area contributed by atoms with Gasteiger partial charge in [0.15, 0.2) is 0 Å². The number of aromatic nitrogens is 1. The third-order valence-electron chi connectivity index (χ3n) is 1.56. The van der Waals surface area contributed by atoms with Crippen LogP contribution in [0.1, 0.15) is 18.7 Å². The van der Waals surface area contributed by atoms with E-state index in [0.717, 1.165) is 4.60 Å². The minimum atomic E-state index is -0.641. The molecule has 1 N–H and O–H groups in total. The van der Waals surface area contributed by atoms with Gasteiger partial charge >= 0.3 is 0 Å². The van der Waals surface area contributed by atoms with Gasteiger partial charge in [0.05, 0.1) is 12.3 Å². The first-order chi connectivity index (χ1) is 6.24. The average Bonchev–Trinajstić information content (AvgIpc) is 2.14. The Bertz CT molecular complexity index is 268. The highest BCUT2D eigenvalue weighted by atomic mass is 79.9. The number of ether oxygens (including phenoxy) is 1. The van der Waals surface area contributed by atoms with Gasteiger partial charge in [-0.2, -0.15) is 0 Å². The quantitative estimate of drug-likeness (QED) is 0.825. The van der Waals surface area contributed by atoms with Crippen molar-refractivity contribution >= 4 is 15.9 Å². The first-order valence-electron chi connectivity index (χ1n) is 4.12. The summed E-state index contributed by atoms with van der Waals surface area (Å²) in [6, 6.07) is 5.42. The van der Waals surface area contributed by atoms with Crippen molar-refractivity contribution in [2.75, 3.05) is 13.2 Å². The summed E-state index contributed by atoms with van der Waals surface area (Å²) in [7, 11) is 0.